The van der Waals surface area contributed by atoms with Crippen LogP contribution in [0.3, 0.4) is 0 Å². The van der Waals surface area contributed by atoms with Gasteiger partial charge in [-0.15, -0.1) is 10.2 Å². The summed E-state index contributed by atoms with van der Waals surface area (Å²) in [6, 6.07) is 5.35. The molecule has 2 atom stereocenters. The van der Waals surface area contributed by atoms with Crippen molar-refractivity contribution >= 4 is 28.2 Å². The average molecular weight is 365 g/mol. The van der Waals surface area contributed by atoms with Crippen LogP contribution in [0, 0.1) is 10.1 Å². The van der Waals surface area contributed by atoms with Crippen molar-refractivity contribution in [1.82, 2.24) is 15.1 Å². The molecule has 0 aliphatic carbocycles. The number of non-ortho nitro benzene ring substituents is 1. The lowest BCUT2D eigenvalue weighted by Gasteiger charge is -2.14. The highest BCUT2D eigenvalue weighted by molar-refractivity contribution is 7.15. The molecular weight excluding hydrogens is 350 g/mol. The zero-order chi connectivity index (χ0) is 18.1. The third-order valence-electron chi connectivity index (χ3n) is 3.61. The molecule has 2 unspecified atom stereocenters. The van der Waals surface area contributed by atoms with E-state index in [1.807, 2.05) is 0 Å². The minimum absolute atomic E-state index is 0.0242. The summed E-state index contributed by atoms with van der Waals surface area (Å²) < 4.78 is 5.69. The number of anilines is 1. The molecule has 0 saturated carbocycles. The van der Waals surface area contributed by atoms with Crippen molar-refractivity contribution in [2.24, 2.45) is 0 Å². The summed E-state index contributed by atoms with van der Waals surface area (Å²) in [4.78, 5) is 24.8. The third-order valence-corrected chi connectivity index (χ3v) is 4.70. The molecule has 0 radical (unpaired) electrons. The number of nitrogens with zero attached hydrogens (tertiary/aromatic N) is 5. The van der Waals surface area contributed by atoms with Crippen LogP contribution in [0.5, 0.6) is 5.75 Å². The molecule has 1 N–H and O–H groups in total. The fourth-order valence-corrected chi connectivity index (χ4v) is 3.18. The number of hydrogen-bond donors (Lipinski definition) is 1. The van der Waals surface area contributed by atoms with Crippen molar-refractivity contribution in [3.05, 3.63) is 39.4 Å². The quantitative estimate of drug-likeness (QED) is 0.633. The number of amides is 2. The lowest BCUT2D eigenvalue weighted by Crippen LogP contribution is -2.34. The van der Waals surface area contributed by atoms with Gasteiger partial charge in [0.2, 0.25) is 5.13 Å². The second-order valence-corrected chi connectivity index (χ2v) is 6.44. The van der Waals surface area contributed by atoms with E-state index in [1.165, 1.54) is 34.1 Å². The SMILES string of the molecule is CC(Oc1ccc([N+](=O)[O-])cc1)c1nnc(N2C(=O)N(C)CC2O)s1. The summed E-state index contributed by atoms with van der Waals surface area (Å²) in [6.07, 6.45) is -1.44. The Bertz CT molecular complexity index is 795. The van der Waals surface area contributed by atoms with Gasteiger partial charge in [0.1, 0.15) is 11.9 Å². The molecule has 0 spiro atoms. The molecule has 11 heteroatoms. The largest absolute Gasteiger partial charge is 0.483 e. The first-order chi connectivity index (χ1) is 11.9. The molecule has 2 heterocycles. The van der Waals surface area contributed by atoms with E-state index in [0.717, 1.165) is 11.3 Å². The Hall–Kier alpha value is -2.79. The summed E-state index contributed by atoms with van der Waals surface area (Å²) in [5.74, 6) is 0.451. The summed E-state index contributed by atoms with van der Waals surface area (Å²) in [7, 11) is 1.59. The lowest BCUT2D eigenvalue weighted by atomic mass is 10.3. The number of hydrogen-bond acceptors (Lipinski definition) is 8. The number of likely N-dealkylation sites (N-methyl/N-ethyl adjacent to an activating group) is 1. The smallest absolute Gasteiger partial charge is 0.328 e. The maximum Gasteiger partial charge on any atom is 0.328 e. The van der Waals surface area contributed by atoms with Gasteiger partial charge in [0, 0.05) is 19.2 Å². The second-order valence-electron chi connectivity index (χ2n) is 5.45. The van der Waals surface area contributed by atoms with E-state index in [4.69, 9.17) is 4.74 Å². The van der Waals surface area contributed by atoms with Crippen LogP contribution in [-0.4, -0.2) is 51.0 Å². The molecule has 1 aromatic carbocycles. The van der Waals surface area contributed by atoms with Crippen molar-refractivity contribution in [2.45, 2.75) is 19.3 Å². The van der Waals surface area contributed by atoms with Crippen LogP contribution in [0.4, 0.5) is 15.6 Å². The van der Waals surface area contributed by atoms with Gasteiger partial charge in [0.15, 0.2) is 11.2 Å². The highest BCUT2D eigenvalue weighted by atomic mass is 32.1. The third kappa shape index (κ3) is 3.37. The van der Waals surface area contributed by atoms with Gasteiger partial charge >= 0.3 is 6.03 Å². The maximum atomic E-state index is 12.0. The van der Waals surface area contributed by atoms with Crippen LogP contribution >= 0.6 is 11.3 Å². The van der Waals surface area contributed by atoms with Crippen LogP contribution in [0.2, 0.25) is 0 Å². The number of aliphatic hydroxyl groups excluding tert-OH is 1. The highest BCUT2D eigenvalue weighted by Gasteiger charge is 2.37. The number of nitro groups is 1. The summed E-state index contributed by atoms with van der Waals surface area (Å²) in [5.41, 5.74) is -0.0242. The van der Waals surface area contributed by atoms with E-state index >= 15 is 0 Å². The van der Waals surface area contributed by atoms with Gasteiger partial charge in [-0.25, -0.2) is 9.69 Å². The van der Waals surface area contributed by atoms with Gasteiger partial charge in [-0.3, -0.25) is 10.1 Å². The van der Waals surface area contributed by atoms with Gasteiger partial charge in [-0.1, -0.05) is 11.3 Å². The number of carbonyl (C=O) groups is 1. The number of rotatable bonds is 5. The van der Waals surface area contributed by atoms with Crippen LogP contribution in [0.15, 0.2) is 24.3 Å². The van der Waals surface area contributed by atoms with Gasteiger partial charge in [-0.05, 0) is 19.1 Å². The summed E-state index contributed by atoms with van der Waals surface area (Å²) in [5, 5.41) is 29.4. The summed E-state index contributed by atoms with van der Waals surface area (Å²) >= 11 is 1.14. The average Bonchev–Trinajstić information content (AvgIpc) is 3.13. The fraction of sp³-hybridized carbons (Fsp3) is 0.357. The Labute approximate surface area is 146 Å². The first-order valence-electron chi connectivity index (χ1n) is 7.33. The Morgan fingerprint density at radius 3 is 2.64 bits per heavy atom. The first-order valence-corrected chi connectivity index (χ1v) is 8.15. The summed E-state index contributed by atoms with van der Waals surface area (Å²) in [6.45, 7) is 1.95. The lowest BCUT2D eigenvalue weighted by molar-refractivity contribution is -0.384. The minimum atomic E-state index is -0.968. The Morgan fingerprint density at radius 1 is 1.40 bits per heavy atom. The van der Waals surface area contributed by atoms with Crippen LogP contribution in [0.1, 0.15) is 18.0 Å². The molecule has 132 valence electrons. The topological polar surface area (TPSA) is 122 Å². The van der Waals surface area contributed by atoms with Crippen molar-refractivity contribution < 1.29 is 19.6 Å². The minimum Gasteiger partial charge on any atom is -0.483 e. The maximum absolute atomic E-state index is 12.0. The number of nitro benzene ring substituents is 1. The molecule has 1 fully saturated rings. The van der Waals surface area contributed by atoms with Crippen LogP contribution in [-0.2, 0) is 0 Å². The van der Waals surface area contributed by atoms with E-state index < -0.39 is 17.3 Å². The Balaban J connectivity index is 1.71. The van der Waals surface area contributed by atoms with Gasteiger partial charge in [0.25, 0.3) is 5.69 Å². The van der Waals surface area contributed by atoms with E-state index in [-0.39, 0.29) is 23.4 Å². The van der Waals surface area contributed by atoms with Gasteiger partial charge < -0.3 is 14.7 Å². The molecule has 2 aromatic rings. The van der Waals surface area contributed by atoms with Crippen molar-refractivity contribution in [3.63, 3.8) is 0 Å². The Morgan fingerprint density at radius 2 is 2.08 bits per heavy atom. The monoisotopic (exact) mass is 365 g/mol. The van der Waals surface area contributed by atoms with Crippen molar-refractivity contribution in [2.75, 3.05) is 18.5 Å². The Kier molecular flexibility index (Phi) is 4.51. The molecule has 1 aromatic heterocycles. The number of aliphatic hydroxyl groups is 1. The van der Waals surface area contributed by atoms with Crippen LogP contribution in [0.25, 0.3) is 0 Å². The van der Waals surface area contributed by atoms with Gasteiger partial charge in [0.05, 0.1) is 11.5 Å². The molecule has 3 rings (SSSR count). The van der Waals surface area contributed by atoms with Crippen molar-refractivity contribution in [3.8, 4) is 5.75 Å². The molecule has 10 nitrogen and oxygen atoms in total. The highest BCUT2D eigenvalue weighted by Crippen LogP contribution is 2.31. The number of carbonyl (C=O) groups excluding carboxylic acids is 1. The van der Waals surface area contributed by atoms with E-state index in [0.29, 0.717) is 10.8 Å². The number of benzene rings is 1. The normalized spacial score (nSPS) is 18.5. The van der Waals surface area contributed by atoms with Gasteiger partial charge in [-0.2, -0.15) is 0 Å². The van der Waals surface area contributed by atoms with Crippen molar-refractivity contribution in [1.29, 1.82) is 0 Å². The predicted molar refractivity (Wildman–Crippen MR) is 88.6 cm³/mol. The molecule has 0 bridgehead atoms. The number of urea groups is 1. The molecule has 25 heavy (non-hydrogen) atoms. The number of aromatic nitrogens is 2. The zero-order valence-electron chi connectivity index (χ0n) is 13.4. The molecule has 1 saturated heterocycles. The standard InChI is InChI=1S/C14H15N5O5S/c1-8(24-10-5-3-9(4-6-10)19(22)23)12-15-16-13(25-12)18-11(20)7-17(2)14(18)21/h3-6,8,11,20H,7H2,1-2H3. The number of β-amino-alcohol motifs (C(OH)–C–C–N with tert-alkyl or cyclic N) is 1. The predicted octanol–water partition coefficient (Wildman–Crippen LogP) is 1.78. The molecule has 1 aliphatic heterocycles. The zero-order valence-corrected chi connectivity index (χ0v) is 14.2. The van der Waals surface area contributed by atoms with E-state index in [1.54, 1.807) is 14.0 Å². The van der Waals surface area contributed by atoms with E-state index in [9.17, 15) is 20.0 Å². The molecular formula is C14H15N5O5S. The fourth-order valence-electron chi connectivity index (χ4n) is 2.31. The molecule has 1 aliphatic rings. The first kappa shape index (κ1) is 17.0. The number of ether oxygens (including phenoxy) is 1. The molecule has 2 amide bonds. The second kappa shape index (κ2) is 6.61. The van der Waals surface area contributed by atoms with Crippen LogP contribution < -0.4 is 9.64 Å². The van der Waals surface area contributed by atoms with E-state index in [2.05, 4.69) is 10.2 Å².